The molecule has 0 aromatic heterocycles. The Morgan fingerprint density at radius 3 is 2.79 bits per heavy atom. The molecule has 2 atom stereocenters. The standard InChI is InChI=1S/C12H16FNO4S/c1-9-12(15,6-7-18-9)8-14-19(16,17)11-5-3-2-4-10(11)13/h2-5,9,14-15H,6-8H2,1H3. The summed E-state index contributed by atoms with van der Waals surface area (Å²) >= 11 is 0. The zero-order valence-corrected chi connectivity index (χ0v) is 11.3. The van der Waals surface area contributed by atoms with Crippen molar-refractivity contribution >= 4 is 10.0 Å². The monoisotopic (exact) mass is 289 g/mol. The van der Waals surface area contributed by atoms with Crippen molar-refractivity contribution in [1.82, 2.24) is 4.72 Å². The van der Waals surface area contributed by atoms with E-state index < -0.39 is 32.4 Å². The van der Waals surface area contributed by atoms with Crippen molar-refractivity contribution in [2.24, 2.45) is 0 Å². The lowest BCUT2D eigenvalue weighted by Gasteiger charge is -2.26. The predicted molar refractivity (Wildman–Crippen MR) is 66.6 cm³/mol. The Kier molecular flexibility index (Phi) is 3.91. The fourth-order valence-corrected chi connectivity index (χ4v) is 3.14. The van der Waals surface area contributed by atoms with Crippen molar-refractivity contribution in [1.29, 1.82) is 0 Å². The van der Waals surface area contributed by atoms with Gasteiger partial charge in [-0.2, -0.15) is 0 Å². The minimum atomic E-state index is -3.98. The maximum atomic E-state index is 13.5. The van der Waals surface area contributed by atoms with E-state index >= 15 is 0 Å². The van der Waals surface area contributed by atoms with E-state index in [0.29, 0.717) is 13.0 Å². The highest BCUT2D eigenvalue weighted by Crippen LogP contribution is 2.25. The van der Waals surface area contributed by atoms with E-state index in [1.54, 1.807) is 6.92 Å². The van der Waals surface area contributed by atoms with Crippen LogP contribution in [-0.4, -0.2) is 38.4 Å². The third-order valence-corrected chi connectivity index (χ3v) is 4.79. The van der Waals surface area contributed by atoms with Gasteiger partial charge in [0.25, 0.3) is 0 Å². The Bertz CT molecular complexity index is 563. The summed E-state index contributed by atoms with van der Waals surface area (Å²) in [7, 11) is -3.98. The lowest BCUT2D eigenvalue weighted by atomic mass is 9.97. The fourth-order valence-electron chi connectivity index (χ4n) is 1.96. The summed E-state index contributed by atoms with van der Waals surface area (Å²) in [4.78, 5) is -0.426. The lowest BCUT2D eigenvalue weighted by Crippen LogP contribution is -2.47. The van der Waals surface area contributed by atoms with Crippen LogP contribution in [0.3, 0.4) is 0 Å². The Balaban J connectivity index is 2.13. The molecule has 2 unspecified atom stereocenters. The number of hydrogen-bond acceptors (Lipinski definition) is 4. The summed E-state index contributed by atoms with van der Waals surface area (Å²) in [6.07, 6.45) is -0.121. The number of sulfonamides is 1. The summed E-state index contributed by atoms with van der Waals surface area (Å²) in [5.41, 5.74) is -1.25. The largest absolute Gasteiger partial charge is 0.386 e. The Labute approximate surface area is 111 Å². The highest BCUT2D eigenvalue weighted by atomic mass is 32.2. The van der Waals surface area contributed by atoms with Crippen LogP contribution >= 0.6 is 0 Å². The summed E-state index contributed by atoms with van der Waals surface area (Å²) < 4.78 is 44.8. The smallest absolute Gasteiger partial charge is 0.243 e. The Morgan fingerprint density at radius 2 is 2.21 bits per heavy atom. The second kappa shape index (κ2) is 5.16. The molecule has 1 fully saturated rings. The quantitative estimate of drug-likeness (QED) is 0.853. The molecule has 0 amide bonds. The first-order valence-electron chi connectivity index (χ1n) is 5.93. The normalized spacial score (nSPS) is 27.6. The number of halogens is 1. The van der Waals surface area contributed by atoms with Crippen LogP contribution in [0.2, 0.25) is 0 Å². The van der Waals surface area contributed by atoms with Gasteiger partial charge in [0.15, 0.2) is 0 Å². The second-order valence-corrected chi connectivity index (χ2v) is 6.36. The molecule has 0 saturated carbocycles. The van der Waals surface area contributed by atoms with Crippen LogP contribution in [0, 0.1) is 5.82 Å². The molecular weight excluding hydrogens is 273 g/mol. The van der Waals surface area contributed by atoms with Crippen LogP contribution in [0.15, 0.2) is 29.2 Å². The topological polar surface area (TPSA) is 75.6 Å². The van der Waals surface area contributed by atoms with Crippen LogP contribution in [0.25, 0.3) is 0 Å². The first kappa shape index (κ1) is 14.4. The zero-order chi connectivity index (χ0) is 14.1. The van der Waals surface area contributed by atoms with Crippen molar-refractivity contribution in [2.75, 3.05) is 13.2 Å². The van der Waals surface area contributed by atoms with Crippen LogP contribution in [0.1, 0.15) is 13.3 Å². The molecule has 2 N–H and O–H groups in total. The van der Waals surface area contributed by atoms with Gasteiger partial charge in [0.2, 0.25) is 10.0 Å². The Morgan fingerprint density at radius 1 is 1.53 bits per heavy atom. The van der Waals surface area contributed by atoms with Crippen molar-refractivity contribution in [2.45, 2.75) is 29.9 Å². The zero-order valence-electron chi connectivity index (χ0n) is 10.5. The molecule has 1 aliphatic rings. The van der Waals surface area contributed by atoms with Crippen LogP contribution < -0.4 is 4.72 Å². The van der Waals surface area contributed by atoms with Gasteiger partial charge in [-0.3, -0.25) is 0 Å². The van der Waals surface area contributed by atoms with Gasteiger partial charge < -0.3 is 9.84 Å². The van der Waals surface area contributed by atoms with Crippen molar-refractivity contribution in [3.8, 4) is 0 Å². The van der Waals surface area contributed by atoms with Crippen LogP contribution in [-0.2, 0) is 14.8 Å². The Hall–Kier alpha value is -1.02. The minimum Gasteiger partial charge on any atom is -0.386 e. The van der Waals surface area contributed by atoms with Gasteiger partial charge in [0, 0.05) is 19.6 Å². The van der Waals surface area contributed by atoms with Gasteiger partial charge in [0.05, 0.1) is 6.10 Å². The van der Waals surface area contributed by atoms with E-state index in [0.717, 1.165) is 6.07 Å². The highest BCUT2D eigenvalue weighted by Gasteiger charge is 2.40. The minimum absolute atomic E-state index is 0.204. The van der Waals surface area contributed by atoms with Gasteiger partial charge in [-0.05, 0) is 19.1 Å². The molecule has 2 rings (SSSR count). The molecule has 1 saturated heterocycles. The van der Waals surface area contributed by atoms with E-state index in [1.165, 1.54) is 18.2 Å². The molecule has 1 aromatic rings. The summed E-state index contributed by atoms with van der Waals surface area (Å²) in [5.74, 6) is -0.822. The van der Waals surface area contributed by atoms with Crippen LogP contribution in [0.4, 0.5) is 4.39 Å². The SMILES string of the molecule is CC1OCCC1(O)CNS(=O)(=O)c1ccccc1F. The molecule has 7 heteroatoms. The average molecular weight is 289 g/mol. The molecule has 0 radical (unpaired) electrons. The molecule has 106 valence electrons. The maximum Gasteiger partial charge on any atom is 0.243 e. The van der Waals surface area contributed by atoms with Crippen molar-refractivity contribution in [3.63, 3.8) is 0 Å². The molecule has 1 aliphatic heterocycles. The molecule has 19 heavy (non-hydrogen) atoms. The van der Waals surface area contributed by atoms with E-state index in [4.69, 9.17) is 4.74 Å². The summed E-state index contributed by atoms with van der Waals surface area (Å²) in [6, 6.07) is 5.10. The molecule has 0 bridgehead atoms. The van der Waals surface area contributed by atoms with E-state index in [9.17, 15) is 17.9 Å². The molecule has 5 nitrogen and oxygen atoms in total. The van der Waals surface area contributed by atoms with Crippen molar-refractivity contribution < 1.29 is 22.7 Å². The first-order valence-corrected chi connectivity index (χ1v) is 7.42. The summed E-state index contributed by atoms with van der Waals surface area (Å²) in [6.45, 7) is 1.84. The average Bonchev–Trinajstić information content (AvgIpc) is 2.68. The summed E-state index contributed by atoms with van der Waals surface area (Å²) in [5, 5.41) is 10.2. The first-order chi connectivity index (χ1) is 8.85. The van der Waals surface area contributed by atoms with Gasteiger partial charge in [-0.1, -0.05) is 12.1 Å². The molecular formula is C12H16FNO4S. The lowest BCUT2D eigenvalue weighted by molar-refractivity contribution is -0.0228. The van der Waals surface area contributed by atoms with Gasteiger partial charge in [-0.25, -0.2) is 17.5 Å². The van der Waals surface area contributed by atoms with E-state index in [1.807, 2.05) is 0 Å². The molecule has 1 aromatic carbocycles. The van der Waals surface area contributed by atoms with Crippen LogP contribution in [0.5, 0.6) is 0 Å². The van der Waals surface area contributed by atoms with Gasteiger partial charge in [-0.15, -0.1) is 0 Å². The third kappa shape index (κ3) is 2.94. The predicted octanol–water partition coefficient (Wildman–Crippen LogP) is 0.644. The van der Waals surface area contributed by atoms with Gasteiger partial charge >= 0.3 is 0 Å². The number of aliphatic hydroxyl groups is 1. The number of hydrogen-bond donors (Lipinski definition) is 2. The molecule has 0 aliphatic carbocycles. The maximum absolute atomic E-state index is 13.5. The van der Waals surface area contributed by atoms with Gasteiger partial charge in [0.1, 0.15) is 16.3 Å². The highest BCUT2D eigenvalue weighted by molar-refractivity contribution is 7.89. The molecule has 1 heterocycles. The van der Waals surface area contributed by atoms with E-state index in [-0.39, 0.29) is 6.54 Å². The number of benzene rings is 1. The number of ether oxygens (including phenoxy) is 1. The second-order valence-electron chi connectivity index (χ2n) is 4.62. The molecule has 0 spiro atoms. The third-order valence-electron chi connectivity index (χ3n) is 3.35. The fraction of sp³-hybridized carbons (Fsp3) is 0.500. The van der Waals surface area contributed by atoms with Crippen molar-refractivity contribution in [3.05, 3.63) is 30.1 Å². The van der Waals surface area contributed by atoms with E-state index in [2.05, 4.69) is 4.72 Å². The number of rotatable bonds is 4. The number of nitrogens with one attached hydrogen (secondary N) is 1.